The Bertz CT molecular complexity index is 572. The molecular formula is C16H17Br2NO. The Hall–Kier alpha value is -0.840. The number of halogens is 2. The van der Waals surface area contributed by atoms with Crippen LogP contribution in [0.1, 0.15) is 18.1 Å². The van der Waals surface area contributed by atoms with Gasteiger partial charge in [0.15, 0.2) is 0 Å². The molecule has 0 saturated heterocycles. The van der Waals surface area contributed by atoms with Crippen LogP contribution in [0.2, 0.25) is 0 Å². The lowest BCUT2D eigenvalue weighted by Crippen LogP contribution is -2.12. The summed E-state index contributed by atoms with van der Waals surface area (Å²) in [5.41, 5.74) is 2.35. The Kier molecular flexibility index (Phi) is 6.07. The highest BCUT2D eigenvalue weighted by molar-refractivity contribution is 9.10. The van der Waals surface area contributed by atoms with Gasteiger partial charge in [0.1, 0.15) is 12.4 Å². The molecule has 2 rings (SSSR count). The molecule has 2 aromatic rings. The van der Waals surface area contributed by atoms with Crippen LogP contribution < -0.4 is 10.1 Å². The zero-order chi connectivity index (χ0) is 14.4. The van der Waals surface area contributed by atoms with Gasteiger partial charge in [0.05, 0.1) is 0 Å². The summed E-state index contributed by atoms with van der Waals surface area (Å²) in [4.78, 5) is 0. The third-order valence-electron chi connectivity index (χ3n) is 2.93. The smallest absolute Gasteiger partial charge is 0.120 e. The highest BCUT2D eigenvalue weighted by Gasteiger charge is 2.04. The average Bonchev–Trinajstić information content (AvgIpc) is 2.46. The van der Waals surface area contributed by atoms with Gasteiger partial charge < -0.3 is 10.1 Å². The molecule has 106 valence electrons. The van der Waals surface area contributed by atoms with E-state index in [9.17, 15) is 0 Å². The molecule has 0 aliphatic carbocycles. The first-order chi connectivity index (χ1) is 9.70. The number of hydrogen-bond acceptors (Lipinski definition) is 2. The molecular weight excluding hydrogens is 382 g/mol. The van der Waals surface area contributed by atoms with E-state index in [4.69, 9.17) is 4.74 Å². The summed E-state index contributed by atoms with van der Waals surface area (Å²) in [7, 11) is 0. The van der Waals surface area contributed by atoms with Gasteiger partial charge in [-0.15, -0.1) is 0 Å². The fourth-order valence-corrected chi connectivity index (χ4v) is 2.60. The second-order valence-corrected chi connectivity index (χ2v) is 6.12. The summed E-state index contributed by atoms with van der Waals surface area (Å²) in [5.74, 6) is 0.886. The van der Waals surface area contributed by atoms with Crippen molar-refractivity contribution in [2.45, 2.75) is 20.1 Å². The molecule has 0 unspecified atom stereocenters. The molecule has 0 saturated carbocycles. The van der Waals surface area contributed by atoms with Crippen LogP contribution in [-0.2, 0) is 13.2 Å². The van der Waals surface area contributed by atoms with Crippen LogP contribution in [0.15, 0.2) is 51.4 Å². The molecule has 4 heteroatoms. The molecule has 0 radical (unpaired) electrons. The molecule has 0 amide bonds. The zero-order valence-corrected chi connectivity index (χ0v) is 14.5. The fraction of sp³-hybridized carbons (Fsp3) is 0.250. The number of ether oxygens (including phenoxy) is 1. The van der Waals surface area contributed by atoms with E-state index in [2.05, 4.69) is 56.2 Å². The lowest BCUT2D eigenvalue weighted by molar-refractivity contribution is 0.305. The van der Waals surface area contributed by atoms with E-state index >= 15 is 0 Å². The van der Waals surface area contributed by atoms with Gasteiger partial charge in [0.25, 0.3) is 0 Å². The van der Waals surface area contributed by atoms with Crippen LogP contribution in [0.5, 0.6) is 5.75 Å². The van der Waals surface area contributed by atoms with Crippen LogP contribution in [-0.4, -0.2) is 6.54 Å². The van der Waals surface area contributed by atoms with Crippen molar-refractivity contribution in [3.8, 4) is 5.75 Å². The van der Waals surface area contributed by atoms with E-state index in [1.807, 2.05) is 30.3 Å². The number of benzene rings is 2. The molecule has 0 aromatic heterocycles. The van der Waals surface area contributed by atoms with Crippen molar-refractivity contribution >= 4 is 31.9 Å². The van der Waals surface area contributed by atoms with Gasteiger partial charge in [-0.2, -0.15) is 0 Å². The van der Waals surface area contributed by atoms with Crippen molar-refractivity contribution in [3.05, 3.63) is 62.5 Å². The minimum atomic E-state index is 0.559. The van der Waals surface area contributed by atoms with Gasteiger partial charge in [-0.3, -0.25) is 0 Å². The number of nitrogens with one attached hydrogen (secondary N) is 1. The van der Waals surface area contributed by atoms with Crippen LogP contribution in [0.4, 0.5) is 0 Å². The maximum absolute atomic E-state index is 5.87. The SMILES string of the molecule is CCNCc1cc(OCc2ccccc2Br)ccc1Br. The largest absolute Gasteiger partial charge is 0.489 e. The topological polar surface area (TPSA) is 21.3 Å². The maximum Gasteiger partial charge on any atom is 0.120 e. The minimum Gasteiger partial charge on any atom is -0.489 e. The van der Waals surface area contributed by atoms with Crippen LogP contribution >= 0.6 is 31.9 Å². The summed E-state index contributed by atoms with van der Waals surface area (Å²) in [6.07, 6.45) is 0. The molecule has 20 heavy (non-hydrogen) atoms. The minimum absolute atomic E-state index is 0.559. The first-order valence-electron chi connectivity index (χ1n) is 6.56. The van der Waals surface area contributed by atoms with Gasteiger partial charge in [0, 0.05) is 21.1 Å². The molecule has 0 aliphatic heterocycles. The van der Waals surface area contributed by atoms with Crippen molar-refractivity contribution in [3.63, 3.8) is 0 Å². The van der Waals surface area contributed by atoms with Crippen molar-refractivity contribution in [2.75, 3.05) is 6.54 Å². The van der Waals surface area contributed by atoms with Gasteiger partial charge in [0.2, 0.25) is 0 Å². The Morgan fingerprint density at radius 2 is 1.75 bits per heavy atom. The van der Waals surface area contributed by atoms with Crippen molar-refractivity contribution in [1.82, 2.24) is 5.32 Å². The standard InChI is InChI=1S/C16H17Br2NO/c1-2-19-10-13-9-14(7-8-16(13)18)20-11-12-5-3-4-6-15(12)17/h3-9,19H,2,10-11H2,1H3. The summed E-state index contributed by atoms with van der Waals surface area (Å²) in [6, 6.07) is 14.2. The van der Waals surface area contributed by atoms with E-state index in [0.29, 0.717) is 6.61 Å². The zero-order valence-electron chi connectivity index (χ0n) is 11.3. The Morgan fingerprint density at radius 3 is 2.50 bits per heavy atom. The summed E-state index contributed by atoms with van der Waals surface area (Å²) < 4.78 is 8.05. The molecule has 0 atom stereocenters. The quantitative estimate of drug-likeness (QED) is 0.747. The van der Waals surface area contributed by atoms with Crippen molar-refractivity contribution in [2.24, 2.45) is 0 Å². The first-order valence-corrected chi connectivity index (χ1v) is 8.14. The Balaban J connectivity index is 2.04. The molecule has 0 heterocycles. The van der Waals surface area contributed by atoms with Crippen molar-refractivity contribution in [1.29, 1.82) is 0 Å². The molecule has 0 fully saturated rings. The van der Waals surface area contributed by atoms with Gasteiger partial charge in [-0.25, -0.2) is 0 Å². The highest BCUT2D eigenvalue weighted by atomic mass is 79.9. The van der Waals surface area contributed by atoms with Gasteiger partial charge in [-0.05, 0) is 36.4 Å². The Morgan fingerprint density at radius 1 is 1.00 bits per heavy atom. The molecule has 1 N–H and O–H groups in total. The third-order valence-corrected chi connectivity index (χ3v) is 4.48. The van der Waals surface area contributed by atoms with E-state index in [-0.39, 0.29) is 0 Å². The van der Waals surface area contributed by atoms with Crippen molar-refractivity contribution < 1.29 is 4.74 Å². The molecule has 0 bridgehead atoms. The number of rotatable bonds is 6. The molecule has 0 spiro atoms. The molecule has 2 aromatic carbocycles. The normalized spacial score (nSPS) is 10.6. The lowest BCUT2D eigenvalue weighted by atomic mass is 10.2. The van der Waals surface area contributed by atoms with Gasteiger partial charge >= 0.3 is 0 Å². The maximum atomic E-state index is 5.87. The summed E-state index contributed by atoms with van der Waals surface area (Å²) in [5, 5.41) is 3.32. The highest BCUT2D eigenvalue weighted by Crippen LogP contribution is 2.24. The van der Waals surface area contributed by atoms with E-state index in [1.165, 1.54) is 5.56 Å². The predicted molar refractivity (Wildman–Crippen MR) is 90.0 cm³/mol. The summed E-state index contributed by atoms with van der Waals surface area (Å²) in [6.45, 7) is 4.45. The van der Waals surface area contributed by atoms with Crippen LogP contribution in [0.25, 0.3) is 0 Å². The molecule has 0 aliphatic rings. The van der Waals surface area contributed by atoms with E-state index < -0.39 is 0 Å². The predicted octanol–water partition coefficient (Wildman–Crippen LogP) is 4.90. The van der Waals surface area contributed by atoms with Crippen LogP contribution in [0.3, 0.4) is 0 Å². The summed E-state index contributed by atoms with van der Waals surface area (Å²) >= 11 is 7.10. The second kappa shape index (κ2) is 7.81. The second-order valence-electron chi connectivity index (χ2n) is 4.41. The Labute approximate surface area is 136 Å². The molecule has 2 nitrogen and oxygen atoms in total. The fourth-order valence-electron chi connectivity index (χ4n) is 1.81. The first kappa shape index (κ1) is 15.5. The van der Waals surface area contributed by atoms with E-state index in [1.54, 1.807) is 0 Å². The lowest BCUT2D eigenvalue weighted by Gasteiger charge is -2.11. The third kappa shape index (κ3) is 4.33. The number of hydrogen-bond donors (Lipinski definition) is 1. The van der Waals surface area contributed by atoms with Crippen LogP contribution in [0, 0.1) is 0 Å². The van der Waals surface area contributed by atoms with E-state index in [0.717, 1.165) is 33.3 Å². The monoisotopic (exact) mass is 397 g/mol. The average molecular weight is 399 g/mol. The van der Waals surface area contributed by atoms with Gasteiger partial charge in [-0.1, -0.05) is 57.0 Å².